The number of benzene rings is 1. The summed E-state index contributed by atoms with van der Waals surface area (Å²) in [5.41, 5.74) is 4.03. The standard InChI is InChI=1S/C19H17BrN4S/c1-3-10-22-19-24(23-14(2)15-8-11-21-12-9-15)18(13-25-19)16-4-6-17(20)7-5-16/h3-9,11-13H,1,10H2,2H3. The zero-order chi connectivity index (χ0) is 17.6. The molecule has 1 aromatic carbocycles. The molecule has 0 atom stereocenters. The van der Waals surface area contributed by atoms with E-state index in [2.05, 4.69) is 50.0 Å². The minimum absolute atomic E-state index is 0.560. The van der Waals surface area contributed by atoms with Crippen LogP contribution in [0.2, 0.25) is 0 Å². The second-order valence-electron chi connectivity index (χ2n) is 5.27. The third-order valence-corrected chi connectivity index (χ3v) is 4.91. The molecule has 0 saturated carbocycles. The first kappa shape index (κ1) is 17.5. The summed E-state index contributed by atoms with van der Waals surface area (Å²) >= 11 is 5.05. The molecule has 0 N–H and O–H groups in total. The van der Waals surface area contributed by atoms with Gasteiger partial charge in [0.05, 0.1) is 18.0 Å². The van der Waals surface area contributed by atoms with Gasteiger partial charge in [0.25, 0.3) is 0 Å². The highest BCUT2D eigenvalue weighted by atomic mass is 79.9. The van der Waals surface area contributed by atoms with Crippen molar-refractivity contribution in [2.75, 3.05) is 6.54 Å². The maximum Gasteiger partial charge on any atom is 0.206 e. The van der Waals surface area contributed by atoms with Crippen LogP contribution in [0.4, 0.5) is 0 Å². The van der Waals surface area contributed by atoms with Crippen LogP contribution in [0.5, 0.6) is 0 Å². The second kappa shape index (κ2) is 8.18. The molecule has 0 radical (unpaired) electrons. The maximum absolute atomic E-state index is 4.82. The van der Waals surface area contributed by atoms with Crippen LogP contribution in [0.15, 0.2) is 81.4 Å². The molecule has 4 nitrogen and oxygen atoms in total. The van der Waals surface area contributed by atoms with E-state index >= 15 is 0 Å². The van der Waals surface area contributed by atoms with Crippen LogP contribution in [0.3, 0.4) is 0 Å². The summed E-state index contributed by atoms with van der Waals surface area (Å²) in [6.45, 7) is 6.29. The number of nitrogens with zero attached hydrogens (tertiary/aromatic N) is 4. The van der Waals surface area contributed by atoms with Gasteiger partial charge in [-0.3, -0.25) is 9.98 Å². The number of aromatic nitrogens is 2. The molecule has 2 aromatic heterocycles. The van der Waals surface area contributed by atoms with E-state index in [1.54, 1.807) is 29.8 Å². The minimum Gasteiger partial charge on any atom is -0.265 e. The number of pyridine rings is 1. The van der Waals surface area contributed by atoms with Gasteiger partial charge < -0.3 is 0 Å². The summed E-state index contributed by atoms with van der Waals surface area (Å²) in [6.07, 6.45) is 5.32. The molecule has 25 heavy (non-hydrogen) atoms. The van der Waals surface area contributed by atoms with E-state index in [1.807, 2.05) is 35.9 Å². The molecule has 0 bridgehead atoms. The van der Waals surface area contributed by atoms with Crippen LogP contribution in [0, 0.1) is 0 Å². The summed E-state index contributed by atoms with van der Waals surface area (Å²) in [4.78, 5) is 9.47. The largest absolute Gasteiger partial charge is 0.265 e. The highest BCUT2D eigenvalue weighted by Crippen LogP contribution is 2.22. The molecule has 3 rings (SSSR count). The molecule has 0 unspecified atom stereocenters. The Morgan fingerprint density at radius 2 is 1.96 bits per heavy atom. The molecule has 0 fully saturated rings. The van der Waals surface area contributed by atoms with Crippen LogP contribution in [-0.2, 0) is 0 Å². The van der Waals surface area contributed by atoms with Crippen molar-refractivity contribution in [3.63, 3.8) is 0 Å². The molecule has 3 aromatic rings. The van der Waals surface area contributed by atoms with Crippen molar-refractivity contribution in [2.45, 2.75) is 6.92 Å². The summed E-state index contributed by atoms with van der Waals surface area (Å²) in [6, 6.07) is 12.1. The molecule has 6 heteroatoms. The quantitative estimate of drug-likeness (QED) is 0.440. The van der Waals surface area contributed by atoms with Crippen LogP contribution >= 0.6 is 27.3 Å². The lowest BCUT2D eigenvalue weighted by molar-refractivity contribution is 0.834. The Morgan fingerprint density at radius 3 is 2.64 bits per heavy atom. The van der Waals surface area contributed by atoms with E-state index in [0.717, 1.165) is 31.8 Å². The Morgan fingerprint density at radius 1 is 1.24 bits per heavy atom. The normalized spacial score (nSPS) is 12.4. The SMILES string of the molecule is C=CCN=c1scc(-c2ccc(Br)cc2)n1N=C(C)c1ccncc1. The van der Waals surface area contributed by atoms with E-state index in [1.165, 1.54) is 0 Å². The molecule has 0 spiro atoms. The van der Waals surface area contributed by atoms with Gasteiger partial charge in [-0.05, 0) is 31.2 Å². The first-order valence-electron chi connectivity index (χ1n) is 7.73. The van der Waals surface area contributed by atoms with Crippen molar-refractivity contribution in [1.82, 2.24) is 9.66 Å². The molecular formula is C19H17BrN4S. The Hall–Kier alpha value is -2.31. The number of halogens is 1. The van der Waals surface area contributed by atoms with Gasteiger partial charge in [0.2, 0.25) is 4.80 Å². The van der Waals surface area contributed by atoms with Gasteiger partial charge >= 0.3 is 0 Å². The van der Waals surface area contributed by atoms with Crippen LogP contribution in [-0.4, -0.2) is 21.9 Å². The van der Waals surface area contributed by atoms with Crippen molar-refractivity contribution < 1.29 is 0 Å². The highest BCUT2D eigenvalue weighted by molar-refractivity contribution is 9.10. The third-order valence-electron chi connectivity index (χ3n) is 3.53. The summed E-state index contributed by atoms with van der Waals surface area (Å²) in [5, 5.41) is 6.89. The van der Waals surface area contributed by atoms with Crippen molar-refractivity contribution >= 4 is 33.0 Å². The highest BCUT2D eigenvalue weighted by Gasteiger charge is 2.08. The summed E-state index contributed by atoms with van der Waals surface area (Å²) < 4.78 is 2.94. The first-order chi connectivity index (χ1) is 12.2. The fourth-order valence-corrected chi connectivity index (χ4v) is 3.37. The molecule has 126 valence electrons. The topological polar surface area (TPSA) is 42.5 Å². The zero-order valence-electron chi connectivity index (χ0n) is 13.8. The number of hydrogen-bond donors (Lipinski definition) is 0. The Kier molecular flexibility index (Phi) is 5.73. The molecular weight excluding hydrogens is 396 g/mol. The van der Waals surface area contributed by atoms with Crippen molar-refractivity contribution in [2.24, 2.45) is 10.1 Å². The Labute approximate surface area is 159 Å². The molecule has 0 aliphatic heterocycles. The average Bonchev–Trinajstić information content (AvgIpc) is 3.04. The summed E-state index contributed by atoms with van der Waals surface area (Å²) in [7, 11) is 0. The fourth-order valence-electron chi connectivity index (χ4n) is 2.27. The van der Waals surface area contributed by atoms with Crippen molar-refractivity contribution in [1.29, 1.82) is 0 Å². The lowest BCUT2D eigenvalue weighted by Gasteiger charge is -2.06. The van der Waals surface area contributed by atoms with Gasteiger partial charge in [-0.1, -0.05) is 34.1 Å². The van der Waals surface area contributed by atoms with E-state index in [0.29, 0.717) is 6.54 Å². The number of rotatable bonds is 5. The Bertz CT molecular complexity index is 953. The number of hydrogen-bond acceptors (Lipinski definition) is 4. The van der Waals surface area contributed by atoms with Crippen LogP contribution in [0.1, 0.15) is 12.5 Å². The van der Waals surface area contributed by atoms with Crippen molar-refractivity contribution in [3.8, 4) is 11.3 Å². The number of thiazole rings is 1. The van der Waals surface area contributed by atoms with Gasteiger partial charge in [0.1, 0.15) is 0 Å². The van der Waals surface area contributed by atoms with E-state index < -0.39 is 0 Å². The summed E-state index contributed by atoms with van der Waals surface area (Å²) in [5.74, 6) is 0. The fraction of sp³-hybridized carbons (Fsp3) is 0.105. The van der Waals surface area contributed by atoms with E-state index in [9.17, 15) is 0 Å². The maximum atomic E-state index is 4.82. The predicted octanol–water partition coefficient (Wildman–Crippen LogP) is 4.73. The van der Waals surface area contributed by atoms with Gasteiger partial charge in [0, 0.05) is 33.4 Å². The second-order valence-corrected chi connectivity index (χ2v) is 7.03. The third kappa shape index (κ3) is 4.21. The Balaban J connectivity index is 2.13. The average molecular weight is 413 g/mol. The molecule has 0 amide bonds. The monoisotopic (exact) mass is 412 g/mol. The lowest BCUT2D eigenvalue weighted by atomic mass is 10.2. The zero-order valence-corrected chi connectivity index (χ0v) is 16.2. The van der Waals surface area contributed by atoms with Crippen LogP contribution < -0.4 is 4.80 Å². The minimum atomic E-state index is 0.560. The lowest BCUT2D eigenvalue weighted by Crippen LogP contribution is -2.14. The van der Waals surface area contributed by atoms with E-state index in [4.69, 9.17) is 5.10 Å². The van der Waals surface area contributed by atoms with Gasteiger partial charge in [0.15, 0.2) is 0 Å². The van der Waals surface area contributed by atoms with Gasteiger partial charge in [-0.15, -0.1) is 17.9 Å². The molecule has 0 saturated heterocycles. The van der Waals surface area contributed by atoms with Gasteiger partial charge in [-0.25, -0.2) is 4.68 Å². The smallest absolute Gasteiger partial charge is 0.206 e. The molecule has 2 heterocycles. The van der Waals surface area contributed by atoms with E-state index in [-0.39, 0.29) is 0 Å². The molecule has 0 aliphatic carbocycles. The first-order valence-corrected chi connectivity index (χ1v) is 9.40. The molecule has 0 aliphatic rings. The predicted molar refractivity (Wildman–Crippen MR) is 108 cm³/mol. The van der Waals surface area contributed by atoms with Gasteiger partial charge in [-0.2, -0.15) is 5.10 Å². The van der Waals surface area contributed by atoms with Crippen molar-refractivity contribution in [3.05, 3.63) is 81.7 Å². The van der Waals surface area contributed by atoms with Crippen LogP contribution in [0.25, 0.3) is 11.3 Å².